The molecule has 0 saturated carbocycles. The molecule has 162 valence electrons. The van der Waals surface area contributed by atoms with Crippen LogP contribution in [0.25, 0.3) is 10.9 Å². The second-order valence-corrected chi connectivity index (χ2v) is 7.87. The average Bonchev–Trinajstić information content (AvgIpc) is 3.22. The summed E-state index contributed by atoms with van der Waals surface area (Å²) in [7, 11) is 1.50. The number of urea groups is 1. The molecule has 2 amide bonds. The van der Waals surface area contributed by atoms with Gasteiger partial charge in [0.15, 0.2) is 0 Å². The number of unbranched alkanes of at least 4 members (excludes halogenated alkanes) is 1. The number of anilines is 2. The Morgan fingerprint density at radius 2 is 2.10 bits per heavy atom. The van der Waals surface area contributed by atoms with Crippen LogP contribution in [0.1, 0.15) is 37.7 Å². The fraction of sp³-hybridized carbons (Fsp3) is 0.320. The standard InChI is InChI=1S/C25H30N4O2/c1-3-4-14-28-15-12-19(13-16-28)23-18-26-24-11-10-21(17-22(23)24)29(31-2)25(30)27-20-8-6-5-7-9-20/h5-12,15,17-19,26H,3-4,13-14,16H2,1-2H3,(H,27,30). The number of para-hydroxylation sites is 1. The Balaban J connectivity index is 1.55. The number of rotatable bonds is 7. The highest BCUT2D eigenvalue weighted by Crippen LogP contribution is 2.33. The van der Waals surface area contributed by atoms with Crippen molar-refractivity contribution in [2.24, 2.45) is 0 Å². The molecule has 0 radical (unpaired) electrons. The van der Waals surface area contributed by atoms with E-state index in [4.69, 9.17) is 4.84 Å². The van der Waals surface area contributed by atoms with Crippen molar-refractivity contribution in [3.8, 4) is 0 Å². The van der Waals surface area contributed by atoms with Crippen LogP contribution in [0, 0.1) is 0 Å². The van der Waals surface area contributed by atoms with E-state index in [0.29, 0.717) is 11.6 Å². The zero-order valence-electron chi connectivity index (χ0n) is 18.2. The third-order valence-electron chi connectivity index (χ3n) is 5.78. The van der Waals surface area contributed by atoms with Crippen LogP contribution in [0.5, 0.6) is 0 Å². The number of carbonyl (C=O) groups excluding carboxylic acids is 1. The topological polar surface area (TPSA) is 60.6 Å². The molecule has 31 heavy (non-hydrogen) atoms. The van der Waals surface area contributed by atoms with Crippen molar-refractivity contribution in [1.82, 2.24) is 9.88 Å². The van der Waals surface area contributed by atoms with Crippen molar-refractivity contribution in [3.05, 3.63) is 72.6 Å². The van der Waals surface area contributed by atoms with Crippen molar-refractivity contribution in [3.63, 3.8) is 0 Å². The van der Waals surface area contributed by atoms with Gasteiger partial charge in [-0.3, -0.25) is 4.84 Å². The van der Waals surface area contributed by atoms with E-state index in [1.807, 2.05) is 48.5 Å². The number of aromatic amines is 1. The first-order valence-corrected chi connectivity index (χ1v) is 10.9. The molecule has 1 unspecified atom stereocenters. The van der Waals surface area contributed by atoms with Gasteiger partial charge in [-0.15, -0.1) is 0 Å². The third kappa shape index (κ3) is 4.75. The average molecular weight is 419 g/mol. The number of amides is 2. The van der Waals surface area contributed by atoms with Crippen LogP contribution < -0.4 is 10.4 Å². The largest absolute Gasteiger partial charge is 0.378 e. The number of hydrogen-bond donors (Lipinski definition) is 2. The summed E-state index contributed by atoms with van der Waals surface area (Å²) in [5.41, 5.74) is 3.72. The van der Waals surface area contributed by atoms with Crippen LogP contribution in [0.3, 0.4) is 0 Å². The minimum Gasteiger partial charge on any atom is -0.378 e. The number of nitrogens with one attached hydrogen (secondary N) is 2. The maximum absolute atomic E-state index is 12.8. The second kappa shape index (κ2) is 9.71. The van der Waals surface area contributed by atoms with E-state index in [0.717, 1.165) is 36.1 Å². The van der Waals surface area contributed by atoms with E-state index in [1.165, 1.54) is 30.6 Å². The van der Waals surface area contributed by atoms with Gasteiger partial charge in [0, 0.05) is 41.8 Å². The normalized spacial score (nSPS) is 15.9. The number of benzene rings is 2. The van der Waals surface area contributed by atoms with Crippen molar-refractivity contribution >= 4 is 28.3 Å². The number of aromatic nitrogens is 1. The van der Waals surface area contributed by atoms with Gasteiger partial charge >= 0.3 is 6.03 Å². The number of carbonyl (C=O) groups is 1. The SMILES string of the molecule is CCCCN1C=CC(c2c[nH]c3ccc(N(OC)C(=O)Nc4ccccc4)cc23)CC1. The maximum atomic E-state index is 12.8. The Morgan fingerprint density at radius 1 is 1.26 bits per heavy atom. The smallest absolute Gasteiger partial charge is 0.350 e. The predicted octanol–water partition coefficient (Wildman–Crippen LogP) is 5.87. The van der Waals surface area contributed by atoms with Crippen LogP contribution >= 0.6 is 0 Å². The van der Waals surface area contributed by atoms with Crippen molar-refractivity contribution in [2.75, 3.05) is 30.6 Å². The first-order chi connectivity index (χ1) is 15.2. The molecular formula is C25H30N4O2. The zero-order valence-corrected chi connectivity index (χ0v) is 18.2. The molecule has 0 fully saturated rings. The van der Waals surface area contributed by atoms with Gasteiger partial charge < -0.3 is 15.2 Å². The maximum Gasteiger partial charge on any atom is 0.350 e. The summed E-state index contributed by atoms with van der Waals surface area (Å²) in [5.74, 6) is 0.357. The van der Waals surface area contributed by atoms with Gasteiger partial charge in [0.05, 0.1) is 12.8 Å². The van der Waals surface area contributed by atoms with Gasteiger partial charge in [-0.2, -0.15) is 5.06 Å². The number of H-pyrrole nitrogens is 1. The molecule has 0 spiro atoms. The van der Waals surface area contributed by atoms with E-state index in [1.54, 1.807) is 0 Å². The van der Waals surface area contributed by atoms with Crippen LogP contribution in [0.15, 0.2) is 67.0 Å². The minimum atomic E-state index is -0.339. The fourth-order valence-electron chi connectivity index (χ4n) is 4.07. The van der Waals surface area contributed by atoms with Crippen LogP contribution in [-0.2, 0) is 4.84 Å². The molecule has 0 aliphatic carbocycles. The molecule has 0 saturated heterocycles. The molecule has 3 aromatic rings. The lowest BCUT2D eigenvalue weighted by molar-refractivity contribution is 0.171. The Kier molecular flexibility index (Phi) is 6.57. The van der Waals surface area contributed by atoms with Gasteiger partial charge in [-0.1, -0.05) is 37.6 Å². The van der Waals surface area contributed by atoms with Crippen molar-refractivity contribution in [2.45, 2.75) is 32.1 Å². The Labute approximate surface area is 183 Å². The van der Waals surface area contributed by atoms with E-state index in [-0.39, 0.29) is 6.03 Å². The highest BCUT2D eigenvalue weighted by atomic mass is 16.7. The number of fused-ring (bicyclic) bond motifs is 1. The molecule has 1 aromatic heterocycles. The summed E-state index contributed by atoms with van der Waals surface area (Å²) in [6.07, 6.45) is 10.1. The van der Waals surface area contributed by atoms with Crippen molar-refractivity contribution < 1.29 is 9.63 Å². The van der Waals surface area contributed by atoms with E-state index in [9.17, 15) is 4.79 Å². The van der Waals surface area contributed by atoms with E-state index in [2.05, 4.69) is 40.6 Å². The van der Waals surface area contributed by atoms with Gasteiger partial charge in [0.2, 0.25) is 0 Å². The molecule has 1 aliphatic rings. The zero-order chi connectivity index (χ0) is 21.6. The summed E-state index contributed by atoms with van der Waals surface area (Å²) >= 11 is 0. The first kappa shape index (κ1) is 21.0. The summed E-state index contributed by atoms with van der Waals surface area (Å²) in [4.78, 5) is 24.0. The highest BCUT2D eigenvalue weighted by molar-refractivity contribution is 6.01. The molecule has 2 aromatic carbocycles. The van der Waals surface area contributed by atoms with Gasteiger partial charge in [0.25, 0.3) is 0 Å². The van der Waals surface area contributed by atoms with Gasteiger partial charge in [0.1, 0.15) is 0 Å². The molecule has 1 aliphatic heterocycles. The Morgan fingerprint density at radius 3 is 2.81 bits per heavy atom. The number of hydroxylamine groups is 1. The summed E-state index contributed by atoms with van der Waals surface area (Å²) < 4.78 is 0. The molecule has 1 atom stereocenters. The van der Waals surface area contributed by atoms with E-state index >= 15 is 0 Å². The fourth-order valence-corrected chi connectivity index (χ4v) is 4.07. The highest BCUT2D eigenvalue weighted by Gasteiger charge is 2.21. The van der Waals surface area contributed by atoms with Crippen LogP contribution in [0.4, 0.5) is 16.2 Å². The third-order valence-corrected chi connectivity index (χ3v) is 5.78. The summed E-state index contributed by atoms with van der Waals surface area (Å²) in [6.45, 7) is 4.41. The second-order valence-electron chi connectivity index (χ2n) is 7.87. The van der Waals surface area contributed by atoms with Gasteiger partial charge in [-0.25, -0.2) is 4.79 Å². The first-order valence-electron chi connectivity index (χ1n) is 10.9. The van der Waals surface area contributed by atoms with Gasteiger partial charge in [-0.05, 0) is 54.9 Å². The molecule has 6 heteroatoms. The number of nitrogens with zero attached hydrogens (tertiary/aromatic N) is 2. The van der Waals surface area contributed by atoms with Crippen LogP contribution in [0.2, 0.25) is 0 Å². The molecule has 0 bridgehead atoms. The Bertz CT molecular complexity index is 1040. The predicted molar refractivity (Wildman–Crippen MR) is 126 cm³/mol. The number of hydrogen-bond acceptors (Lipinski definition) is 3. The lowest BCUT2D eigenvalue weighted by Crippen LogP contribution is -2.34. The molecule has 6 nitrogen and oxygen atoms in total. The quantitative estimate of drug-likeness (QED) is 0.472. The summed E-state index contributed by atoms with van der Waals surface area (Å²) in [5, 5.41) is 5.27. The molecule has 2 N–H and O–H groups in total. The summed E-state index contributed by atoms with van der Waals surface area (Å²) in [6, 6.07) is 14.9. The molecule has 2 heterocycles. The van der Waals surface area contributed by atoms with E-state index < -0.39 is 0 Å². The number of allylic oxidation sites excluding steroid dienone is 1. The molecular weight excluding hydrogens is 388 g/mol. The monoisotopic (exact) mass is 418 g/mol. The lowest BCUT2D eigenvalue weighted by Gasteiger charge is -2.27. The minimum absolute atomic E-state index is 0.339. The Hall–Kier alpha value is -3.25. The van der Waals surface area contributed by atoms with Crippen LogP contribution in [-0.4, -0.2) is 36.1 Å². The lowest BCUT2D eigenvalue weighted by atomic mass is 9.93. The van der Waals surface area contributed by atoms with Crippen molar-refractivity contribution in [1.29, 1.82) is 0 Å². The molecule has 4 rings (SSSR count).